The van der Waals surface area contributed by atoms with Crippen LogP contribution in [0.4, 0.5) is 0 Å². The molecule has 82 valence electrons. The summed E-state index contributed by atoms with van der Waals surface area (Å²) in [6, 6.07) is 0. The van der Waals surface area contributed by atoms with E-state index < -0.39 is 5.97 Å². The molecule has 0 saturated carbocycles. The summed E-state index contributed by atoms with van der Waals surface area (Å²) in [5.74, 6) is -0.839. The first-order chi connectivity index (χ1) is 7.63. The summed E-state index contributed by atoms with van der Waals surface area (Å²) in [6.07, 6.45) is 2.70. The number of esters is 1. The van der Waals surface area contributed by atoms with Crippen molar-refractivity contribution in [3.05, 3.63) is 22.9 Å². The fourth-order valence-corrected chi connectivity index (χ4v) is 1.44. The number of amides is 1. The fourth-order valence-electron chi connectivity index (χ4n) is 1.44. The van der Waals surface area contributed by atoms with Gasteiger partial charge in [0, 0.05) is 6.92 Å². The first-order valence-corrected chi connectivity index (χ1v) is 4.83. The Bertz CT molecular complexity index is 592. The average molecular weight is 220 g/mol. The average Bonchev–Trinajstić information content (AvgIpc) is 2.60. The molecule has 0 saturated heterocycles. The van der Waals surface area contributed by atoms with E-state index in [4.69, 9.17) is 4.74 Å². The van der Waals surface area contributed by atoms with Gasteiger partial charge in [-0.25, -0.2) is 4.79 Å². The Hall–Kier alpha value is -2.11. The van der Waals surface area contributed by atoms with E-state index >= 15 is 0 Å². The lowest BCUT2D eigenvalue weighted by atomic mass is 10.2. The van der Waals surface area contributed by atoms with Gasteiger partial charge in [-0.15, -0.1) is 0 Å². The molecule has 1 aliphatic heterocycles. The lowest BCUT2D eigenvalue weighted by Crippen LogP contribution is -2.41. The first-order valence-electron chi connectivity index (χ1n) is 4.83. The second kappa shape index (κ2) is 3.80. The normalized spacial score (nSPS) is 12.8. The van der Waals surface area contributed by atoms with Gasteiger partial charge in [0.15, 0.2) is 6.20 Å². The second-order valence-corrected chi connectivity index (χ2v) is 3.23. The molecule has 1 aromatic rings. The molecule has 0 unspecified atom stereocenters. The molecule has 0 fully saturated rings. The van der Waals surface area contributed by atoms with Gasteiger partial charge in [-0.05, 0) is 17.0 Å². The Morgan fingerprint density at radius 1 is 1.56 bits per heavy atom. The quantitative estimate of drug-likeness (QED) is 0.483. The van der Waals surface area contributed by atoms with Crippen LogP contribution in [-0.4, -0.2) is 23.5 Å². The molecule has 0 radical (unpaired) electrons. The highest BCUT2D eigenvalue weighted by atomic mass is 16.5. The molecule has 0 atom stereocenters. The fraction of sp³-hybridized carbons (Fsp3) is 0.300. The Labute approximate surface area is 90.9 Å². The van der Waals surface area contributed by atoms with Crippen LogP contribution >= 0.6 is 0 Å². The number of fused-ring (bicyclic) bond motifs is 1. The van der Waals surface area contributed by atoms with Crippen molar-refractivity contribution in [2.75, 3.05) is 6.61 Å². The lowest BCUT2D eigenvalue weighted by molar-refractivity contribution is -0.564. The van der Waals surface area contributed by atoms with Gasteiger partial charge >= 0.3 is 17.4 Å². The number of hydrogen-bond acceptors (Lipinski definition) is 4. The topological polar surface area (TPSA) is 74.5 Å². The number of hydrogen-bond donors (Lipinski definition) is 0. The molecular formula is C10H10N3O3+. The molecule has 1 aromatic heterocycles. The van der Waals surface area contributed by atoms with Gasteiger partial charge in [0.2, 0.25) is 0 Å². The predicted octanol–water partition coefficient (Wildman–Crippen LogP) is -0.793. The van der Waals surface area contributed by atoms with Crippen molar-refractivity contribution in [2.45, 2.75) is 13.8 Å². The number of aromatic nitrogens is 2. The Balaban J connectivity index is 2.59. The van der Waals surface area contributed by atoms with Crippen molar-refractivity contribution in [2.24, 2.45) is 5.11 Å². The summed E-state index contributed by atoms with van der Waals surface area (Å²) in [6.45, 7) is 3.71. The van der Waals surface area contributed by atoms with Crippen LogP contribution < -0.4 is 9.84 Å². The molecule has 0 aromatic carbocycles. The molecule has 0 aliphatic carbocycles. The van der Waals surface area contributed by atoms with E-state index in [1.54, 1.807) is 13.8 Å². The SMILES string of the molecule is CCOC(=O)c1cnc2[n+](c1C)=NC(=O)C=2. The Morgan fingerprint density at radius 3 is 3.00 bits per heavy atom. The third kappa shape index (κ3) is 1.58. The number of ether oxygens (including phenoxy) is 1. The molecular weight excluding hydrogens is 210 g/mol. The van der Waals surface area contributed by atoms with Crippen molar-refractivity contribution < 1.29 is 18.7 Å². The van der Waals surface area contributed by atoms with Gasteiger partial charge in [0.05, 0.1) is 6.61 Å². The monoisotopic (exact) mass is 220 g/mol. The molecule has 6 nitrogen and oxygen atoms in total. The standard InChI is InChI=1S/C10H10N3O3/c1-3-16-10(15)7-5-11-8-4-9(14)12-13(8)6(7)2/h4-5H,3H2,1-2H3/q+1. The summed E-state index contributed by atoms with van der Waals surface area (Å²) in [5.41, 5.74) is 1.29. The van der Waals surface area contributed by atoms with E-state index in [-0.39, 0.29) is 5.91 Å². The maximum atomic E-state index is 11.5. The highest BCUT2D eigenvalue weighted by Crippen LogP contribution is 2.01. The minimum absolute atomic E-state index is 0.294. The zero-order valence-electron chi connectivity index (χ0n) is 8.93. The van der Waals surface area contributed by atoms with Crippen LogP contribution in [0.3, 0.4) is 0 Å². The van der Waals surface area contributed by atoms with Crippen molar-refractivity contribution >= 4 is 18.0 Å². The van der Waals surface area contributed by atoms with E-state index in [9.17, 15) is 9.59 Å². The molecule has 6 heteroatoms. The Kier molecular flexibility index (Phi) is 2.47. The summed E-state index contributed by atoms with van der Waals surface area (Å²) in [7, 11) is 0. The highest BCUT2D eigenvalue weighted by molar-refractivity contribution is 6.04. The van der Waals surface area contributed by atoms with Crippen molar-refractivity contribution in [1.82, 2.24) is 4.98 Å². The summed E-state index contributed by atoms with van der Waals surface area (Å²) in [5, 5.41) is 3.71. The molecule has 1 amide bonds. The van der Waals surface area contributed by atoms with Crippen LogP contribution in [-0.2, 0) is 9.53 Å². The van der Waals surface area contributed by atoms with Gasteiger partial charge in [-0.3, -0.25) is 4.79 Å². The largest absolute Gasteiger partial charge is 0.462 e. The summed E-state index contributed by atoms with van der Waals surface area (Å²) >= 11 is 0. The van der Waals surface area contributed by atoms with E-state index in [2.05, 4.69) is 10.1 Å². The van der Waals surface area contributed by atoms with Crippen LogP contribution in [0.2, 0.25) is 0 Å². The van der Waals surface area contributed by atoms with Crippen molar-refractivity contribution in [3.8, 4) is 0 Å². The zero-order valence-corrected chi connectivity index (χ0v) is 8.93. The molecule has 2 heterocycles. The summed E-state index contributed by atoms with van der Waals surface area (Å²) < 4.78 is 6.21. The number of carbonyl (C=O) groups is 2. The third-order valence-corrected chi connectivity index (χ3v) is 2.20. The minimum Gasteiger partial charge on any atom is -0.462 e. The molecule has 0 bridgehead atoms. The number of nitrogens with zero attached hydrogens (tertiary/aromatic N) is 3. The highest BCUT2D eigenvalue weighted by Gasteiger charge is 2.22. The molecule has 2 rings (SSSR count). The van der Waals surface area contributed by atoms with Crippen molar-refractivity contribution in [1.29, 1.82) is 0 Å². The van der Waals surface area contributed by atoms with Gasteiger partial charge in [0.25, 0.3) is 0 Å². The van der Waals surface area contributed by atoms with E-state index in [0.29, 0.717) is 23.3 Å². The third-order valence-electron chi connectivity index (χ3n) is 2.20. The zero-order chi connectivity index (χ0) is 11.7. The van der Waals surface area contributed by atoms with Gasteiger partial charge < -0.3 is 4.74 Å². The van der Waals surface area contributed by atoms with Crippen molar-refractivity contribution in [3.63, 3.8) is 0 Å². The van der Waals surface area contributed by atoms with Crippen LogP contribution in [0.15, 0.2) is 11.3 Å². The lowest BCUT2D eigenvalue weighted by Gasteiger charge is -1.99. The van der Waals surface area contributed by atoms with E-state index in [1.807, 2.05) is 0 Å². The summed E-state index contributed by atoms with van der Waals surface area (Å²) in [4.78, 5) is 26.6. The second-order valence-electron chi connectivity index (χ2n) is 3.23. The van der Waals surface area contributed by atoms with Gasteiger partial charge in [-0.2, -0.15) is 0 Å². The number of rotatable bonds is 2. The number of carbonyl (C=O) groups excluding carboxylic acids is 2. The van der Waals surface area contributed by atoms with E-state index in [1.165, 1.54) is 16.6 Å². The molecule has 0 spiro atoms. The molecule has 16 heavy (non-hydrogen) atoms. The molecule has 1 aliphatic rings. The minimum atomic E-state index is -0.461. The van der Waals surface area contributed by atoms with Gasteiger partial charge in [0.1, 0.15) is 17.3 Å². The maximum Gasteiger partial charge on any atom is 0.354 e. The van der Waals surface area contributed by atoms with E-state index in [0.717, 1.165) is 0 Å². The molecule has 0 N–H and O–H groups in total. The Morgan fingerprint density at radius 2 is 2.31 bits per heavy atom. The van der Waals surface area contributed by atoms with Gasteiger partial charge in [-0.1, -0.05) is 4.36 Å². The van der Waals surface area contributed by atoms with Crippen LogP contribution in [0.1, 0.15) is 23.0 Å². The predicted molar refractivity (Wildman–Crippen MR) is 52.0 cm³/mol. The smallest absolute Gasteiger partial charge is 0.354 e. The van der Waals surface area contributed by atoms with Crippen LogP contribution in [0.5, 0.6) is 0 Å². The van der Waals surface area contributed by atoms with Crippen LogP contribution in [0.25, 0.3) is 6.08 Å². The maximum absolute atomic E-state index is 11.5. The first kappa shape index (κ1) is 10.4. The van der Waals surface area contributed by atoms with Crippen LogP contribution in [0, 0.1) is 6.92 Å².